The quantitative estimate of drug-likeness (QED) is 0.430. The molecule has 0 saturated carbocycles. The maximum Gasteiger partial charge on any atom is 0.327 e. The lowest BCUT2D eigenvalue weighted by atomic mass is 9.94. The van der Waals surface area contributed by atoms with E-state index in [0.717, 1.165) is 16.7 Å². The van der Waals surface area contributed by atoms with Gasteiger partial charge < -0.3 is 9.84 Å². The first-order valence-electron chi connectivity index (χ1n) is 10.5. The molecule has 0 radical (unpaired) electrons. The highest BCUT2D eigenvalue weighted by Gasteiger charge is 2.36. The number of carbonyl (C=O) groups is 1. The van der Waals surface area contributed by atoms with E-state index in [2.05, 4.69) is 15.5 Å². The molecule has 1 unspecified atom stereocenters. The first kappa shape index (κ1) is 20.6. The number of allylic oxidation sites excluding steroid dienone is 1. The number of aryl methyl sites for hydroxylation is 1. The van der Waals surface area contributed by atoms with Crippen LogP contribution in [0.3, 0.4) is 0 Å². The lowest BCUT2D eigenvalue weighted by molar-refractivity contribution is 0.244. The van der Waals surface area contributed by atoms with Crippen molar-refractivity contribution in [2.45, 2.75) is 19.9 Å². The van der Waals surface area contributed by atoms with Crippen molar-refractivity contribution in [3.8, 4) is 11.4 Å². The van der Waals surface area contributed by atoms with Gasteiger partial charge in [-0.3, -0.25) is 4.90 Å². The number of halogens is 1. The van der Waals surface area contributed by atoms with Crippen LogP contribution in [0.1, 0.15) is 30.0 Å². The summed E-state index contributed by atoms with van der Waals surface area (Å²) in [4.78, 5) is 19.2. The normalized spacial score (nSPS) is 16.2. The van der Waals surface area contributed by atoms with Gasteiger partial charge in [0, 0.05) is 11.3 Å². The second-order valence-corrected chi connectivity index (χ2v) is 7.90. The van der Waals surface area contributed by atoms with E-state index in [-0.39, 0.29) is 6.03 Å². The summed E-state index contributed by atoms with van der Waals surface area (Å²) in [6, 6.07) is 22.4. The monoisotopic (exact) mass is 440 g/mol. The van der Waals surface area contributed by atoms with Crippen molar-refractivity contribution in [1.29, 1.82) is 0 Å². The lowest BCUT2D eigenvalue weighted by Crippen LogP contribution is -2.46. The molecule has 4 aromatic rings. The van der Waals surface area contributed by atoms with Gasteiger partial charge in [0.15, 0.2) is 0 Å². The molecule has 0 spiro atoms. The third kappa shape index (κ3) is 3.89. The molecule has 6 nitrogen and oxygen atoms in total. The van der Waals surface area contributed by atoms with E-state index in [1.807, 2.05) is 61.5 Å². The van der Waals surface area contributed by atoms with Gasteiger partial charge >= 0.3 is 6.03 Å². The average Bonchev–Trinajstić information content (AvgIpc) is 3.30. The summed E-state index contributed by atoms with van der Waals surface area (Å²) in [6.45, 7) is 3.80. The molecule has 2 heterocycles. The number of hydrogen-bond donors (Lipinski definition) is 1. The van der Waals surface area contributed by atoms with E-state index >= 15 is 0 Å². The van der Waals surface area contributed by atoms with Crippen molar-refractivity contribution in [2.24, 2.45) is 0 Å². The van der Waals surface area contributed by atoms with E-state index in [0.29, 0.717) is 28.7 Å². The number of aromatic nitrogens is 2. The number of rotatable bonds is 4. The number of hydrogen-bond acceptors (Lipinski definition) is 4. The summed E-state index contributed by atoms with van der Waals surface area (Å²) in [5.41, 5.74) is 4.44. The highest BCUT2D eigenvalue weighted by molar-refractivity contribution is 6.01. The summed E-state index contributed by atoms with van der Waals surface area (Å²) in [5, 5.41) is 7.18. The fourth-order valence-electron chi connectivity index (χ4n) is 3.99. The molecule has 164 valence electrons. The molecule has 1 aliphatic rings. The van der Waals surface area contributed by atoms with E-state index in [1.165, 1.54) is 17.0 Å². The van der Waals surface area contributed by atoms with Crippen LogP contribution >= 0.6 is 0 Å². The van der Waals surface area contributed by atoms with Gasteiger partial charge in [0.25, 0.3) is 5.89 Å². The zero-order valence-electron chi connectivity index (χ0n) is 18.1. The number of carbonyl (C=O) groups excluding carboxylic acids is 1. The molecule has 0 fully saturated rings. The van der Waals surface area contributed by atoms with Gasteiger partial charge in [-0.05, 0) is 37.6 Å². The molecule has 1 atom stereocenters. The molecule has 5 rings (SSSR count). The SMILES string of the molecule is CC1=C(c2nc(-c3ccccc3)no2)C(c2ccc(C)cc2)NC(=O)N1c1cccc(F)c1. The van der Waals surface area contributed by atoms with Crippen LogP contribution in [0.5, 0.6) is 0 Å². The van der Waals surface area contributed by atoms with Crippen molar-refractivity contribution in [2.75, 3.05) is 4.90 Å². The van der Waals surface area contributed by atoms with E-state index in [9.17, 15) is 9.18 Å². The Morgan fingerprint density at radius 2 is 1.73 bits per heavy atom. The van der Waals surface area contributed by atoms with Gasteiger partial charge in [0.2, 0.25) is 5.82 Å². The zero-order chi connectivity index (χ0) is 22.9. The fourth-order valence-corrected chi connectivity index (χ4v) is 3.99. The molecule has 7 heteroatoms. The maximum atomic E-state index is 14.0. The zero-order valence-corrected chi connectivity index (χ0v) is 18.1. The number of amides is 2. The van der Waals surface area contributed by atoms with E-state index in [4.69, 9.17) is 4.52 Å². The van der Waals surface area contributed by atoms with Crippen LogP contribution in [0.15, 0.2) is 89.1 Å². The molecule has 1 aromatic heterocycles. The van der Waals surface area contributed by atoms with Gasteiger partial charge in [-0.25, -0.2) is 9.18 Å². The summed E-state index contributed by atoms with van der Waals surface area (Å²) < 4.78 is 19.6. The minimum Gasteiger partial charge on any atom is -0.334 e. The molecular formula is C26H21FN4O2. The van der Waals surface area contributed by atoms with Crippen LogP contribution < -0.4 is 10.2 Å². The van der Waals surface area contributed by atoms with Crippen LogP contribution in [-0.4, -0.2) is 16.2 Å². The molecule has 3 aromatic carbocycles. The topological polar surface area (TPSA) is 71.3 Å². The number of benzene rings is 3. The van der Waals surface area contributed by atoms with Gasteiger partial charge in [0.05, 0.1) is 17.3 Å². The van der Waals surface area contributed by atoms with Crippen LogP contribution in [0.2, 0.25) is 0 Å². The van der Waals surface area contributed by atoms with Crippen LogP contribution in [0.4, 0.5) is 14.9 Å². The molecule has 2 amide bonds. The van der Waals surface area contributed by atoms with Crippen molar-refractivity contribution in [3.05, 3.63) is 107 Å². The number of nitrogens with zero attached hydrogens (tertiary/aromatic N) is 3. The Kier molecular flexibility index (Phi) is 5.22. The Labute approximate surface area is 190 Å². The predicted octanol–water partition coefficient (Wildman–Crippen LogP) is 5.89. The van der Waals surface area contributed by atoms with Crippen molar-refractivity contribution < 1.29 is 13.7 Å². The summed E-state index contributed by atoms with van der Waals surface area (Å²) in [5.74, 6) is 0.306. The Morgan fingerprint density at radius 1 is 0.970 bits per heavy atom. The standard InChI is InChI=1S/C26H21FN4O2/c1-16-11-13-18(14-12-16)23-22(25-29-24(30-33-25)19-7-4-3-5-8-19)17(2)31(26(32)28-23)21-10-6-9-20(27)15-21/h3-15,23H,1-2H3,(H,28,32). The Bertz CT molecular complexity index is 1350. The first-order chi connectivity index (χ1) is 16.0. The second-order valence-electron chi connectivity index (χ2n) is 7.90. The first-order valence-corrected chi connectivity index (χ1v) is 10.5. The van der Waals surface area contributed by atoms with Crippen molar-refractivity contribution >= 4 is 17.3 Å². The van der Waals surface area contributed by atoms with Crippen molar-refractivity contribution in [1.82, 2.24) is 15.5 Å². The van der Waals surface area contributed by atoms with Gasteiger partial charge in [-0.1, -0.05) is 71.4 Å². The molecule has 0 bridgehead atoms. The van der Waals surface area contributed by atoms with E-state index in [1.54, 1.807) is 19.1 Å². The maximum absolute atomic E-state index is 14.0. The van der Waals surface area contributed by atoms with Crippen LogP contribution in [0, 0.1) is 12.7 Å². The molecule has 1 aliphatic heterocycles. The van der Waals surface area contributed by atoms with Crippen LogP contribution in [-0.2, 0) is 0 Å². The largest absolute Gasteiger partial charge is 0.334 e. The predicted molar refractivity (Wildman–Crippen MR) is 124 cm³/mol. The molecule has 33 heavy (non-hydrogen) atoms. The average molecular weight is 440 g/mol. The smallest absolute Gasteiger partial charge is 0.327 e. The molecule has 1 N–H and O–H groups in total. The van der Waals surface area contributed by atoms with E-state index < -0.39 is 11.9 Å². The highest BCUT2D eigenvalue weighted by atomic mass is 19.1. The number of urea groups is 1. The lowest BCUT2D eigenvalue weighted by Gasteiger charge is -2.35. The van der Waals surface area contributed by atoms with Gasteiger partial charge in [0.1, 0.15) is 5.82 Å². The summed E-state index contributed by atoms with van der Waals surface area (Å²) in [6.07, 6.45) is 0. The Hall–Kier alpha value is -4.26. The van der Waals surface area contributed by atoms with Gasteiger partial charge in [-0.15, -0.1) is 0 Å². The Balaban J connectivity index is 1.66. The van der Waals surface area contributed by atoms with Gasteiger partial charge in [-0.2, -0.15) is 4.98 Å². The number of nitrogens with one attached hydrogen (secondary N) is 1. The fraction of sp³-hybridized carbons (Fsp3) is 0.115. The van der Waals surface area contributed by atoms with Crippen LogP contribution in [0.25, 0.3) is 17.0 Å². The Morgan fingerprint density at radius 3 is 2.45 bits per heavy atom. The second kappa shape index (κ2) is 8.35. The number of anilines is 1. The van der Waals surface area contributed by atoms with Crippen molar-refractivity contribution in [3.63, 3.8) is 0 Å². The molecule has 0 aliphatic carbocycles. The molecular weight excluding hydrogens is 419 g/mol. The summed E-state index contributed by atoms with van der Waals surface area (Å²) >= 11 is 0. The minimum atomic E-state index is -0.507. The minimum absolute atomic E-state index is 0.290. The third-order valence-corrected chi connectivity index (χ3v) is 5.65. The summed E-state index contributed by atoms with van der Waals surface area (Å²) in [7, 11) is 0. The highest BCUT2D eigenvalue weighted by Crippen LogP contribution is 2.39. The third-order valence-electron chi connectivity index (χ3n) is 5.65. The molecule has 0 saturated heterocycles.